The predicted octanol–water partition coefficient (Wildman–Crippen LogP) is 7.36. The molecule has 3 saturated carbocycles. The Morgan fingerprint density at radius 3 is 2.40 bits per heavy atom. The largest absolute Gasteiger partial charge is 0.339 e. The first-order valence-electron chi connectivity index (χ1n) is 14.9. The fourth-order valence-corrected chi connectivity index (χ4v) is 10.5. The summed E-state index contributed by atoms with van der Waals surface area (Å²) < 4.78 is 19.2. The molecule has 1 aromatic heterocycles. The van der Waals surface area contributed by atoms with Gasteiger partial charge in [-0.1, -0.05) is 65.3 Å². The second kappa shape index (κ2) is 8.23. The van der Waals surface area contributed by atoms with Gasteiger partial charge in [0.15, 0.2) is 18.2 Å². The van der Waals surface area contributed by atoms with Crippen LogP contribution in [0.3, 0.4) is 0 Å². The third kappa shape index (κ3) is 3.25. The van der Waals surface area contributed by atoms with Crippen LogP contribution in [0.1, 0.15) is 105 Å². The fraction of sp³-hybridized carbons (Fsp3) is 0.727. The molecule has 5 aliphatic carbocycles. The first-order chi connectivity index (χ1) is 18.6. The van der Waals surface area contributed by atoms with Crippen molar-refractivity contribution in [1.82, 2.24) is 10.1 Å². The number of Topliss-reactive ketones (excluding diaryl/α,β-unsaturated/α-hetero) is 1. The molecule has 5 aliphatic rings. The zero-order chi connectivity index (χ0) is 29.1. The van der Waals surface area contributed by atoms with Gasteiger partial charge in [-0.3, -0.25) is 4.79 Å². The van der Waals surface area contributed by atoms with Crippen molar-refractivity contribution in [2.45, 2.75) is 106 Å². The highest BCUT2D eigenvalue weighted by Crippen LogP contribution is 2.74. The predicted molar refractivity (Wildman–Crippen MR) is 148 cm³/mol. The van der Waals surface area contributed by atoms with Gasteiger partial charge in [0, 0.05) is 16.7 Å². The van der Waals surface area contributed by atoms with Gasteiger partial charge < -0.3 is 9.32 Å². The third-order valence-electron chi connectivity index (χ3n) is 12.9. The summed E-state index contributed by atoms with van der Waals surface area (Å²) in [6.45, 7) is 22.3. The average molecular weight is 548 g/mol. The molecular weight excluding hydrogens is 505 g/mol. The summed E-state index contributed by atoms with van der Waals surface area (Å²) >= 11 is 0. The fourth-order valence-electron chi connectivity index (χ4n) is 10.5. The number of ketones is 2. The molecule has 1 heterocycles. The molecule has 0 amide bonds. The number of carbonyl (C=O) groups excluding carboxylic acids is 2. The number of alkyl halides is 1. The van der Waals surface area contributed by atoms with Crippen LogP contribution < -0.4 is 0 Å². The summed E-state index contributed by atoms with van der Waals surface area (Å²) in [5, 5.41) is 3.92. The van der Waals surface area contributed by atoms with Crippen LogP contribution in [0.15, 0.2) is 27.9 Å². The van der Waals surface area contributed by atoms with Crippen molar-refractivity contribution in [3.05, 3.63) is 46.6 Å². The molecule has 0 aliphatic heterocycles. The van der Waals surface area contributed by atoms with Crippen LogP contribution in [0.2, 0.25) is 0 Å². The van der Waals surface area contributed by atoms with E-state index in [9.17, 15) is 14.0 Å². The zero-order valence-electron chi connectivity index (χ0n) is 25.0. The number of hydrogen-bond donors (Lipinski definition) is 0. The lowest BCUT2D eigenvalue weighted by Crippen LogP contribution is -2.65. The van der Waals surface area contributed by atoms with E-state index in [1.165, 1.54) is 0 Å². The van der Waals surface area contributed by atoms with Crippen LogP contribution in [-0.4, -0.2) is 21.7 Å². The van der Waals surface area contributed by atoms with Crippen molar-refractivity contribution in [2.24, 2.45) is 44.8 Å². The molecular formula is C33H42FN3O3. The smallest absolute Gasteiger partial charge is 0.233 e. The van der Waals surface area contributed by atoms with Crippen molar-refractivity contribution < 1.29 is 18.5 Å². The number of halogens is 1. The molecule has 6 rings (SSSR count). The van der Waals surface area contributed by atoms with E-state index in [1.54, 1.807) is 0 Å². The van der Waals surface area contributed by atoms with E-state index in [0.717, 1.165) is 50.5 Å². The van der Waals surface area contributed by atoms with E-state index < -0.39 is 22.9 Å². The molecule has 7 atom stereocenters. The first-order valence-corrected chi connectivity index (χ1v) is 14.9. The van der Waals surface area contributed by atoms with E-state index in [-0.39, 0.29) is 57.1 Å². The van der Waals surface area contributed by atoms with Gasteiger partial charge >= 0.3 is 0 Å². The molecule has 0 N–H and O–H groups in total. The zero-order valence-corrected chi connectivity index (χ0v) is 25.0. The van der Waals surface area contributed by atoms with Crippen molar-refractivity contribution in [3.63, 3.8) is 0 Å². The summed E-state index contributed by atoms with van der Waals surface area (Å²) in [6.07, 6.45) is 9.92. The highest BCUT2D eigenvalue weighted by atomic mass is 19.1. The summed E-state index contributed by atoms with van der Waals surface area (Å²) in [5.74, 6) is 0.448. The van der Waals surface area contributed by atoms with Gasteiger partial charge in [-0.05, 0) is 79.1 Å². The summed E-state index contributed by atoms with van der Waals surface area (Å²) in [4.78, 5) is 36.0. The maximum absolute atomic E-state index is 14.6. The Balaban J connectivity index is 1.53. The normalized spacial score (nSPS) is 43.3. The van der Waals surface area contributed by atoms with Crippen molar-refractivity contribution >= 4 is 11.6 Å². The number of allylic oxidation sites excluding steroid dienone is 4. The summed E-state index contributed by atoms with van der Waals surface area (Å²) in [7, 11) is 0. The Kier molecular flexibility index (Phi) is 5.67. The number of aromatic nitrogens is 2. The van der Waals surface area contributed by atoms with Gasteiger partial charge in [0.1, 0.15) is 0 Å². The lowest BCUT2D eigenvalue weighted by molar-refractivity contribution is -0.161. The third-order valence-corrected chi connectivity index (χ3v) is 12.9. The van der Waals surface area contributed by atoms with Crippen LogP contribution >= 0.6 is 0 Å². The van der Waals surface area contributed by atoms with Crippen LogP contribution in [0.5, 0.6) is 0 Å². The van der Waals surface area contributed by atoms with E-state index in [2.05, 4.69) is 49.6 Å². The molecule has 0 spiro atoms. The lowest BCUT2D eigenvalue weighted by atomic mass is 9.34. The van der Waals surface area contributed by atoms with Crippen molar-refractivity contribution in [3.8, 4) is 0 Å². The molecule has 40 heavy (non-hydrogen) atoms. The van der Waals surface area contributed by atoms with E-state index >= 15 is 0 Å². The number of nitrogens with zero attached hydrogens (tertiary/aromatic N) is 3. The minimum absolute atomic E-state index is 0.00860. The Bertz CT molecular complexity index is 1410. The SMILES string of the molecule is [C-]#[N+]C1=C[C@]2(C)C3=CC(=O)[C@@H]4[C@@H]5CC(C)(C)CC[C@]5(c5nc(CF)no5)CC[C@@]4(C)[C@]3(C)CC[C@H]2C(C)(C)C1=O. The molecule has 0 aromatic carbocycles. The molecule has 0 radical (unpaired) electrons. The maximum atomic E-state index is 14.6. The second-order valence-electron chi connectivity index (χ2n) is 15.5. The molecule has 3 fully saturated rings. The second-order valence-corrected chi connectivity index (χ2v) is 15.5. The van der Waals surface area contributed by atoms with Crippen molar-refractivity contribution in [1.29, 1.82) is 0 Å². The highest BCUT2D eigenvalue weighted by molar-refractivity contribution is 6.03. The summed E-state index contributed by atoms with van der Waals surface area (Å²) in [5.41, 5.74) is -0.884. The van der Waals surface area contributed by atoms with Crippen LogP contribution in [0, 0.1) is 51.4 Å². The van der Waals surface area contributed by atoms with Gasteiger partial charge in [-0.2, -0.15) is 4.98 Å². The van der Waals surface area contributed by atoms with E-state index in [0.29, 0.717) is 5.89 Å². The van der Waals surface area contributed by atoms with E-state index in [4.69, 9.17) is 11.1 Å². The highest BCUT2D eigenvalue weighted by Gasteiger charge is 2.70. The van der Waals surface area contributed by atoms with Gasteiger partial charge in [0.25, 0.3) is 0 Å². The standard InChI is InChI=1S/C33H42FN3O3/c1-28(2)11-13-33(27-36-24(18-34)37-40-27)14-12-32(7)25(19(33)16-28)21(38)15-23-30(5)17-20(35-8)26(39)29(3,4)22(30)9-10-31(23,32)6/h15,17,19,22,25H,9-14,16,18H2,1-7H3/t19-,22-,25-,30-,31+,32+,33-/m0/s1. The van der Waals surface area contributed by atoms with Gasteiger partial charge in [0.2, 0.25) is 17.4 Å². The first kappa shape index (κ1) is 27.5. The lowest BCUT2D eigenvalue weighted by Gasteiger charge is -2.69. The Labute approximate surface area is 237 Å². The maximum Gasteiger partial charge on any atom is 0.233 e. The monoisotopic (exact) mass is 547 g/mol. The Hall–Kier alpha value is -2.62. The molecule has 6 nitrogen and oxygen atoms in total. The molecule has 0 bridgehead atoms. The molecule has 0 unspecified atom stereocenters. The number of hydrogen-bond acceptors (Lipinski definition) is 5. The minimum atomic E-state index is -0.765. The topological polar surface area (TPSA) is 77.4 Å². The molecule has 1 aromatic rings. The van der Waals surface area contributed by atoms with Crippen LogP contribution in [0.25, 0.3) is 4.85 Å². The Morgan fingerprint density at radius 1 is 1.05 bits per heavy atom. The average Bonchev–Trinajstić information content (AvgIpc) is 3.37. The van der Waals surface area contributed by atoms with Crippen molar-refractivity contribution in [2.75, 3.05) is 0 Å². The van der Waals surface area contributed by atoms with Crippen LogP contribution in [-0.2, 0) is 21.7 Å². The minimum Gasteiger partial charge on any atom is -0.339 e. The number of carbonyl (C=O) groups is 2. The van der Waals surface area contributed by atoms with Gasteiger partial charge in [-0.25, -0.2) is 9.24 Å². The molecule has 7 heteroatoms. The van der Waals surface area contributed by atoms with Gasteiger partial charge in [-0.15, -0.1) is 0 Å². The molecule has 214 valence electrons. The number of fused-ring (bicyclic) bond motifs is 7. The quantitative estimate of drug-likeness (QED) is 0.362. The van der Waals surface area contributed by atoms with E-state index in [1.807, 2.05) is 26.0 Å². The summed E-state index contributed by atoms with van der Waals surface area (Å²) in [6, 6.07) is 0. The Morgan fingerprint density at radius 2 is 1.75 bits per heavy atom. The van der Waals surface area contributed by atoms with Gasteiger partial charge in [0.05, 0.1) is 12.0 Å². The van der Waals surface area contributed by atoms with Crippen LogP contribution in [0.4, 0.5) is 4.39 Å². The number of rotatable bonds is 2. The molecule has 0 saturated heterocycles.